The summed E-state index contributed by atoms with van der Waals surface area (Å²) in [7, 11) is -3.70. The van der Waals surface area contributed by atoms with Crippen LogP contribution in [0.5, 0.6) is 0 Å². The van der Waals surface area contributed by atoms with E-state index in [1.54, 1.807) is 17.0 Å². The summed E-state index contributed by atoms with van der Waals surface area (Å²) in [4.78, 5) is 20.7. The molecule has 0 saturated carbocycles. The quantitative estimate of drug-likeness (QED) is 0.227. The number of aryl methyl sites for hydroxylation is 1. The van der Waals surface area contributed by atoms with Gasteiger partial charge in [0.15, 0.2) is 5.13 Å². The lowest BCUT2D eigenvalue weighted by Crippen LogP contribution is -2.36. The third-order valence-electron chi connectivity index (χ3n) is 7.37. The standard InChI is InChI=1S/C32H29N3O3S2/c1-2-24-13-8-14-29-30(24)33-32(39-29)35(21-23-9-4-3-5-10-23)31(36)26-15-17-28(18-16-26)40(37,38)34-20-19-25-11-6-7-12-27(25)22-34/h3-18H,2,19-22H2,1H3. The van der Waals surface area contributed by atoms with E-state index >= 15 is 0 Å². The van der Waals surface area contributed by atoms with Gasteiger partial charge in [0.2, 0.25) is 10.0 Å². The van der Waals surface area contributed by atoms with Crippen molar-refractivity contribution in [2.75, 3.05) is 11.4 Å². The maximum Gasteiger partial charge on any atom is 0.260 e. The summed E-state index contributed by atoms with van der Waals surface area (Å²) >= 11 is 1.49. The van der Waals surface area contributed by atoms with E-state index in [1.807, 2.05) is 60.7 Å². The average molecular weight is 568 g/mol. The molecule has 1 aromatic heterocycles. The van der Waals surface area contributed by atoms with Crippen LogP contribution < -0.4 is 4.90 Å². The van der Waals surface area contributed by atoms with Crippen molar-refractivity contribution in [3.05, 3.63) is 125 Å². The molecule has 8 heteroatoms. The van der Waals surface area contributed by atoms with Crippen molar-refractivity contribution < 1.29 is 13.2 Å². The number of hydrogen-bond donors (Lipinski definition) is 0. The van der Waals surface area contributed by atoms with E-state index in [1.165, 1.54) is 33.3 Å². The minimum atomic E-state index is -3.70. The highest BCUT2D eigenvalue weighted by Gasteiger charge is 2.29. The summed E-state index contributed by atoms with van der Waals surface area (Å²) in [5.74, 6) is -0.225. The topological polar surface area (TPSA) is 70.6 Å². The molecule has 0 N–H and O–H groups in total. The zero-order chi connectivity index (χ0) is 27.7. The summed E-state index contributed by atoms with van der Waals surface area (Å²) in [6.07, 6.45) is 1.54. The fourth-order valence-electron chi connectivity index (χ4n) is 5.14. The second-order valence-corrected chi connectivity index (χ2v) is 12.8. The molecule has 0 radical (unpaired) electrons. The van der Waals surface area contributed by atoms with Gasteiger partial charge in [-0.15, -0.1) is 0 Å². The molecule has 1 amide bonds. The van der Waals surface area contributed by atoms with Crippen LogP contribution in [0.25, 0.3) is 10.2 Å². The highest BCUT2D eigenvalue weighted by Crippen LogP contribution is 2.33. The third kappa shape index (κ3) is 5.06. The smallest absolute Gasteiger partial charge is 0.260 e. The minimum Gasteiger partial charge on any atom is -0.279 e. The van der Waals surface area contributed by atoms with Crippen LogP contribution >= 0.6 is 11.3 Å². The van der Waals surface area contributed by atoms with Gasteiger partial charge >= 0.3 is 0 Å². The Hall–Kier alpha value is -3.85. The fraction of sp³-hybridized carbons (Fsp3) is 0.188. The molecule has 0 bridgehead atoms. The van der Waals surface area contributed by atoms with Gasteiger partial charge in [0.25, 0.3) is 5.91 Å². The summed E-state index contributed by atoms with van der Waals surface area (Å²) in [6, 6.07) is 30.2. The number of thiazole rings is 1. The molecule has 0 unspecified atom stereocenters. The number of carbonyl (C=O) groups is 1. The first kappa shape index (κ1) is 26.4. The Morgan fingerprint density at radius 2 is 1.62 bits per heavy atom. The van der Waals surface area contributed by atoms with E-state index < -0.39 is 10.0 Å². The lowest BCUT2D eigenvalue weighted by atomic mass is 10.0. The lowest BCUT2D eigenvalue weighted by Gasteiger charge is -2.28. The Morgan fingerprint density at radius 3 is 2.38 bits per heavy atom. The molecular formula is C32H29N3O3S2. The zero-order valence-corrected chi connectivity index (χ0v) is 23.8. The predicted octanol–water partition coefficient (Wildman–Crippen LogP) is 6.45. The van der Waals surface area contributed by atoms with E-state index in [2.05, 4.69) is 19.1 Å². The Bertz CT molecular complexity index is 1780. The fourth-order valence-corrected chi connectivity index (χ4v) is 7.57. The summed E-state index contributed by atoms with van der Waals surface area (Å²) in [5.41, 5.74) is 5.67. The normalized spacial score (nSPS) is 13.7. The van der Waals surface area contributed by atoms with Crippen molar-refractivity contribution in [1.29, 1.82) is 0 Å². The maximum atomic E-state index is 13.9. The maximum absolute atomic E-state index is 13.9. The Balaban J connectivity index is 1.30. The molecule has 1 aliphatic rings. The third-order valence-corrected chi connectivity index (χ3v) is 10.3. The van der Waals surface area contributed by atoms with Gasteiger partial charge in [0.1, 0.15) is 0 Å². The highest BCUT2D eigenvalue weighted by molar-refractivity contribution is 7.89. The first-order chi connectivity index (χ1) is 19.4. The Labute approximate surface area is 238 Å². The number of nitrogens with zero attached hydrogens (tertiary/aromatic N) is 3. The van der Waals surface area contributed by atoms with Crippen LogP contribution in [0.3, 0.4) is 0 Å². The number of anilines is 1. The molecule has 0 aliphatic carbocycles. The lowest BCUT2D eigenvalue weighted by molar-refractivity contribution is 0.0985. The number of carbonyl (C=O) groups excluding carboxylic acids is 1. The second-order valence-electron chi connectivity index (χ2n) is 9.87. The first-order valence-electron chi connectivity index (χ1n) is 13.4. The van der Waals surface area contributed by atoms with Crippen LogP contribution in [0, 0.1) is 0 Å². The molecule has 0 fully saturated rings. The zero-order valence-electron chi connectivity index (χ0n) is 22.2. The molecule has 40 heavy (non-hydrogen) atoms. The van der Waals surface area contributed by atoms with E-state index in [0.717, 1.165) is 33.3 Å². The number of aromatic nitrogens is 1. The largest absolute Gasteiger partial charge is 0.279 e. The van der Waals surface area contributed by atoms with E-state index in [4.69, 9.17) is 4.98 Å². The molecule has 6 nitrogen and oxygen atoms in total. The number of amides is 1. The van der Waals surface area contributed by atoms with E-state index in [0.29, 0.717) is 36.8 Å². The summed E-state index contributed by atoms with van der Waals surface area (Å²) < 4.78 is 29.5. The van der Waals surface area contributed by atoms with Crippen LogP contribution in [-0.4, -0.2) is 30.2 Å². The van der Waals surface area contributed by atoms with Gasteiger partial charge in [-0.3, -0.25) is 9.69 Å². The number of rotatable bonds is 7. The molecule has 4 aromatic carbocycles. The Morgan fingerprint density at radius 1 is 0.900 bits per heavy atom. The van der Waals surface area contributed by atoms with Gasteiger partial charge in [0.05, 0.1) is 21.7 Å². The first-order valence-corrected chi connectivity index (χ1v) is 15.6. The summed E-state index contributed by atoms with van der Waals surface area (Å²) in [6.45, 7) is 3.23. The molecule has 0 saturated heterocycles. The number of sulfonamides is 1. The van der Waals surface area contributed by atoms with Crippen molar-refractivity contribution in [3.8, 4) is 0 Å². The molecule has 202 valence electrons. The van der Waals surface area contributed by atoms with E-state index in [-0.39, 0.29) is 10.8 Å². The predicted molar refractivity (Wildman–Crippen MR) is 160 cm³/mol. The van der Waals surface area contributed by atoms with Gasteiger partial charge in [-0.2, -0.15) is 4.31 Å². The molecule has 1 aliphatic heterocycles. The molecule has 5 aromatic rings. The number of para-hydroxylation sites is 1. The van der Waals surface area contributed by atoms with Crippen LogP contribution in [0.4, 0.5) is 5.13 Å². The van der Waals surface area contributed by atoms with Crippen molar-refractivity contribution in [3.63, 3.8) is 0 Å². The van der Waals surface area contributed by atoms with Crippen LogP contribution in [0.2, 0.25) is 0 Å². The van der Waals surface area contributed by atoms with Gasteiger partial charge in [-0.05, 0) is 65.4 Å². The molecule has 0 spiro atoms. The average Bonchev–Trinajstić information content (AvgIpc) is 3.44. The van der Waals surface area contributed by atoms with Gasteiger partial charge in [-0.25, -0.2) is 13.4 Å². The number of benzene rings is 4. The summed E-state index contributed by atoms with van der Waals surface area (Å²) in [5, 5.41) is 0.619. The van der Waals surface area contributed by atoms with Crippen molar-refractivity contribution in [1.82, 2.24) is 9.29 Å². The number of hydrogen-bond acceptors (Lipinski definition) is 5. The SMILES string of the molecule is CCc1cccc2sc(N(Cc3ccccc3)C(=O)c3ccc(S(=O)(=O)N4CCc5ccccc5C4)cc3)nc12. The second kappa shape index (κ2) is 11.0. The number of fused-ring (bicyclic) bond motifs is 2. The van der Waals surface area contributed by atoms with Gasteiger partial charge in [-0.1, -0.05) is 85.0 Å². The molecule has 0 atom stereocenters. The van der Waals surface area contributed by atoms with Crippen LogP contribution in [0.1, 0.15) is 39.5 Å². The Kier molecular flexibility index (Phi) is 7.23. The highest BCUT2D eigenvalue weighted by atomic mass is 32.2. The minimum absolute atomic E-state index is 0.186. The van der Waals surface area contributed by atoms with Crippen LogP contribution in [0.15, 0.2) is 102 Å². The van der Waals surface area contributed by atoms with Gasteiger partial charge < -0.3 is 0 Å². The van der Waals surface area contributed by atoms with Gasteiger partial charge in [0, 0.05) is 18.7 Å². The van der Waals surface area contributed by atoms with Crippen molar-refractivity contribution in [2.24, 2.45) is 0 Å². The molecular weight excluding hydrogens is 539 g/mol. The van der Waals surface area contributed by atoms with E-state index in [9.17, 15) is 13.2 Å². The monoisotopic (exact) mass is 567 g/mol. The molecule has 2 heterocycles. The van der Waals surface area contributed by atoms with Crippen molar-refractivity contribution in [2.45, 2.75) is 37.8 Å². The van der Waals surface area contributed by atoms with Crippen molar-refractivity contribution >= 4 is 42.6 Å². The van der Waals surface area contributed by atoms with Crippen LogP contribution in [-0.2, 0) is 36.0 Å². The molecule has 6 rings (SSSR count).